The molecule has 0 aliphatic heterocycles. The third-order valence-electron chi connectivity index (χ3n) is 3.40. The third-order valence-corrected chi connectivity index (χ3v) is 4.88. The molecule has 0 radical (unpaired) electrons. The van der Waals surface area contributed by atoms with Crippen molar-refractivity contribution in [2.45, 2.75) is 24.8 Å². The van der Waals surface area contributed by atoms with Crippen LogP contribution in [0.1, 0.15) is 13.8 Å². The second-order valence-electron chi connectivity index (χ2n) is 5.22. The Kier molecular flexibility index (Phi) is 4.42. The molecule has 0 spiro atoms. The molecule has 0 fully saturated rings. The molecule has 1 atom stereocenters. The summed E-state index contributed by atoms with van der Waals surface area (Å²) in [5, 5.41) is 1.93. The van der Waals surface area contributed by atoms with Gasteiger partial charge < -0.3 is 5.73 Å². The van der Waals surface area contributed by atoms with Gasteiger partial charge in [-0.1, -0.05) is 44.2 Å². The molecular formula is C15H20N2O2S. The van der Waals surface area contributed by atoms with E-state index in [1.54, 1.807) is 12.1 Å². The molecule has 20 heavy (non-hydrogen) atoms. The Bertz CT molecular complexity index is 696. The summed E-state index contributed by atoms with van der Waals surface area (Å²) in [5.74, 6) is 0.148. The van der Waals surface area contributed by atoms with E-state index in [-0.39, 0.29) is 23.4 Å². The van der Waals surface area contributed by atoms with Crippen LogP contribution < -0.4 is 10.5 Å². The van der Waals surface area contributed by atoms with Crippen LogP contribution in [0.15, 0.2) is 47.4 Å². The van der Waals surface area contributed by atoms with Crippen LogP contribution in [0.4, 0.5) is 0 Å². The summed E-state index contributed by atoms with van der Waals surface area (Å²) >= 11 is 0. The van der Waals surface area contributed by atoms with E-state index in [1.165, 1.54) is 0 Å². The van der Waals surface area contributed by atoms with Crippen molar-refractivity contribution in [2.24, 2.45) is 11.7 Å². The highest BCUT2D eigenvalue weighted by atomic mass is 32.2. The fourth-order valence-electron chi connectivity index (χ4n) is 2.06. The van der Waals surface area contributed by atoms with E-state index in [4.69, 9.17) is 5.73 Å². The number of hydrogen-bond acceptors (Lipinski definition) is 3. The lowest BCUT2D eigenvalue weighted by Gasteiger charge is -2.20. The molecule has 2 aromatic rings. The molecule has 108 valence electrons. The Morgan fingerprint density at radius 1 is 1.10 bits per heavy atom. The van der Waals surface area contributed by atoms with Crippen molar-refractivity contribution in [3.05, 3.63) is 42.5 Å². The zero-order chi connectivity index (χ0) is 14.8. The zero-order valence-electron chi connectivity index (χ0n) is 11.7. The average molecular weight is 292 g/mol. The topological polar surface area (TPSA) is 72.2 Å². The van der Waals surface area contributed by atoms with Crippen LogP contribution >= 0.6 is 0 Å². The van der Waals surface area contributed by atoms with Gasteiger partial charge in [0.15, 0.2) is 0 Å². The first-order valence-corrected chi connectivity index (χ1v) is 8.13. The molecule has 0 saturated carbocycles. The van der Waals surface area contributed by atoms with E-state index in [9.17, 15) is 8.42 Å². The molecule has 0 aromatic heterocycles. The van der Waals surface area contributed by atoms with Crippen LogP contribution in [0.5, 0.6) is 0 Å². The largest absolute Gasteiger partial charge is 0.329 e. The Labute approximate surface area is 120 Å². The van der Waals surface area contributed by atoms with Crippen molar-refractivity contribution in [1.29, 1.82) is 0 Å². The highest BCUT2D eigenvalue weighted by Crippen LogP contribution is 2.19. The molecule has 2 rings (SSSR count). The lowest BCUT2D eigenvalue weighted by molar-refractivity contribution is 0.455. The van der Waals surface area contributed by atoms with Crippen molar-refractivity contribution in [3.63, 3.8) is 0 Å². The summed E-state index contributed by atoms with van der Waals surface area (Å²) in [5.41, 5.74) is 5.62. The van der Waals surface area contributed by atoms with Crippen molar-refractivity contribution in [1.82, 2.24) is 4.72 Å². The lowest BCUT2D eigenvalue weighted by atomic mass is 10.1. The first-order valence-electron chi connectivity index (χ1n) is 6.65. The van der Waals surface area contributed by atoms with Gasteiger partial charge in [0.05, 0.1) is 4.90 Å². The number of nitrogens with one attached hydrogen (secondary N) is 1. The highest BCUT2D eigenvalue weighted by molar-refractivity contribution is 7.89. The molecule has 0 bridgehead atoms. The van der Waals surface area contributed by atoms with Gasteiger partial charge in [-0.05, 0) is 28.8 Å². The smallest absolute Gasteiger partial charge is 0.240 e. The quantitative estimate of drug-likeness (QED) is 0.886. The minimum absolute atomic E-state index is 0.148. The van der Waals surface area contributed by atoms with Crippen LogP contribution in [0.25, 0.3) is 10.8 Å². The van der Waals surface area contributed by atoms with E-state index in [0.717, 1.165) is 10.8 Å². The second-order valence-corrected chi connectivity index (χ2v) is 6.93. The number of sulfonamides is 1. The first kappa shape index (κ1) is 15.0. The SMILES string of the molecule is CC(C)C(CN)NS(=O)(=O)c1ccc2ccccc2c1. The van der Waals surface area contributed by atoms with Crippen LogP contribution in [0, 0.1) is 5.92 Å². The van der Waals surface area contributed by atoms with Crippen molar-refractivity contribution < 1.29 is 8.42 Å². The molecule has 0 saturated heterocycles. The third kappa shape index (κ3) is 3.17. The molecule has 1 unspecified atom stereocenters. The highest BCUT2D eigenvalue weighted by Gasteiger charge is 2.21. The maximum atomic E-state index is 12.4. The van der Waals surface area contributed by atoms with Crippen LogP contribution in [0.3, 0.4) is 0 Å². The van der Waals surface area contributed by atoms with Gasteiger partial charge in [-0.25, -0.2) is 13.1 Å². The summed E-state index contributed by atoms with van der Waals surface area (Å²) < 4.78 is 27.4. The van der Waals surface area contributed by atoms with Gasteiger partial charge in [-0.2, -0.15) is 0 Å². The van der Waals surface area contributed by atoms with Crippen molar-refractivity contribution >= 4 is 20.8 Å². The fourth-order valence-corrected chi connectivity index (χ4v) is 3.49. The molecule has 0 aliphatic rings. The molecular weight excluding hydrogens is 272 g/mol. The standard InChI is InChI=1S/C15H20N2O2S/c1-11(2)15(10-16)17-20(18,19)14-8-7-12-5-3-4-6-13(12)9-14/h3-9,11,15,17H,10,16H2,1-2H3. The minimum atomic E-state index is -3.54. The van der Waals surface area contributed by atoms with Gasteiger partial charge in [-0.15, -0.1) is 0 Å². The van der Waals surface area contributed by atoms with Gasteiger partial charge in [-0.3, -0.25) is 0 Å². The molecule has 4 nitrogen and oxygen atoms in total. The summed E-state index contributed by atoms with van der Waals surface area (Å²) in [6, 6.07) is 12.5. The zero-order valence-corrected chi connectivity index (χ0v) is 12.5. The van der Waals surface area contributed by atoms with Crippen molar-refractivity contribution in [2.75, 3.05) is 6.54 Å². The van der Waals surface area contributed by atoms with Crippen LogP contribution in [-0.2, 0) is 10.0 Å². The van der Waals surface area contributed by atoms with Gasteiger partial charge in [0.25, 0.3) is 0 Å². The maximum absolute atomic E-state index is 12.4. The van der Waals surface area contributed by atoms with Crippen LogP contribution in [0.2, 0.25) is 0 Å². The Hall–Kier alpha value is -1.43. The predicted molar refractivity (Wildman–Crippen MR) is 81.9 cm³/mol. The Morgan fingerprint density at radius 2 is 1.75 bits per heavy atom. The van der Waals surface area contributed by atoms with E-state index in [1.807, 2.05) is 44.2 Å². The Morgan fingerprint density at radius 3 is 2.35 bits per heavy atom. The number of hydrogen-bond donors (Lipinski definition) is 2. The Balaban J connectivity index is 2.36. The molecule has 0 amide bonds. The average Bonchev–Trinajstić information content (AvgIpc) is 2.44. The lowest BCUT2D eigenvalue weighted by Crippen LogP contribution is -2.43. The van der Waals surface area contributed by atoms with E-state index >= 15 is 0 Å². The van der Waals surface area contributed by atoms with E-state index in [2.05, 4.69) is 4.72 Å². The summed E-state index contributed by atoms with van der Waals surface area (Å²) in [4.78, 5) is 0.273. The number of rotatable bonds is 5. The van der Waals surface area contributed by atoms with Gasteiger partial charge in [0.2, 0.25) is 10.0 Å². The number of fused-ring (bicyclic) bond motifs is 1. The normalized spacial score (nSPS) is 13.8. The summed E-state index contributed by atoms with van der Waals surface area (Å²) in [7, 11) is -3.54. The van der Waals surface area contributed by atoms with Gasteiger partial charge >= 0.3 is 0 Å². The van der Waals surface area contributed by atoms with Gasteiger partial charge in [0, 0.05) is 12.6 Å². The molecule has 0 heterocycles. The minimum Gasteiger partial charge on any atom is -0.329 e. The number of benzene rings is 2. The molecule has 0 aliphatic carbocycles. The van der Waals surface area contributed by atoms with Crippen molar-refractivity contribution in [3.8, 4) is 0 Å². The van der Waals surface area contributed by atoms with E-state index < -0.39 is 10.0 Å². The summed E-state index contributed by atoms with van der Waals surface area (Å²) in [6.45, 7) is 4.17. The predicted octanol–water partition coefficient (Wildman–Crippen LogP) is 2.10. The van der Waals surface area contributed by atoms with Gasteiger partial charge in [0.1, 0.15) is 0 Å². The molecule has 5 heteroatoms. The maximum Gasteiger partial charge on any atom is 0.240 e. The number of nitrogens with two attached hydrogens (primary N) is 1. The fraction of sp³-hybridized carbons (Fsp3) is 0.333. The monoisotopic (exact) mass is 292 g/mol. The van der Waals surface area contributed by atoms with Crippen LogP contribution in [-0.4, -0.2) is 21.0 Å². The first-order chi connectivity index (χ1) is 9.44. The molecule has 3 N–H and O–H groups in total. The second kappa shape index (κ2) is 5.91. The van der Waals surface area contributed by atoms with E-state index in [0.29, 0.717) is 0 Å². The molecule has 2 aromatic carbocycles. The summed E-state index contributed by atoms with van der Waals surface area (Å²) in [6.07, 6.45) is 0.